The number of carbonyl (C=O) groups excluding carboxylic acids is 1. The molecule has 0 saturated heterocycles. The first-order valence-electron chi connectivity index (χ1n) is 10.3. The number of aliphatic imine (C=N–C) groups is 1. The van der Waals surface area contributed by atoms with Crippen LogP contribution in [-0.2, 0) is 25.1 Å². The summed E-state index contributed by atoms with van der Waals surface area (Å²) < 4.78 is 18.3. The van der Waals surface area contributed by atoms with Crippen molar-refractivity contribution in [2.45, 2.75) is 38.6 Å². The average Bonchev–Trinajstić information content (AvgIpc) is 2.74. The van der Waals surface area contributed by atoms with Crippen molar-refractivity contribution < 1.29 is 28.7 Å². The molecule has 33 heavy (non-hydrogen) atoms. The summed E-state index contributed by atoms with van der Waals surface area (Å²) in [6.07, 6.45) is -1.24. The Morgan fingerprint density at radius 2 is 1.79 bits per heavy atom. The number of carboxylic acid groups (broad SMARTS) is 1. The zero-order valence-electron chi connectivity index (χ0n) is 18.4. The minimum absolute atomic E-state index is 0.0668. The number of rotatable bonds is 11. The van der Waals surface area contributed by atoms with Crippen LogP contribution in [0.4, 0.5) is 5.69 Å². The Morgan fingerprint density at radius 3 is 2.36 bits per heavy atom. The maximum atomic E-state index is 13.1. The number of aliphatic carboxylic acids is 1. The number of amides is 1. The summed E-state index contributed by atoms with van der Waals surface area (Å²) >= 11 is 0. The minimum atomic E-state index is -4.62. The highest BCUT2D eigenvalue weighted by Crippen LogP contribution is 2.53. The Balaban J connectivity index is 2.18. The third-order valence-electron chi connectivity index (χ3n) is 4.69. The molecule has 7 N–H and O–H groups in total. The molecule has 2 aromatic rings. The lowest BCUT2D eigenvalue weighted by Crippen LogP contribution is -2.39. The minimum Gasteiger partial charge on any atom is -0.479 e. The molecule has 178 valence electrons. The average molecular weight is 476 g/mol. The van der Waals surface area contributed by atoms with Crippen LogP contribution in [0.15, 0.2) is 59.6 Å². The second kappa shape index (κ2) is 11.6. The van der Waals surface area contributed by atoms with Crippen molar-refractivity contribution in [2.75, 3.05) is 0 Å². The van der Waals surface area contributed by atoms with E-state index in [1.165, 1.54) is 24.3 Å². The number of hydrogen-bond donors (Lipinski definition) is 5. The normalized spacial score (nSPS) is 14.7. The van der Waals surface area contributed by atoms with Crippen molar-refractivity contribution in [3.63, 3.8) is 0 Å². The smallest absolute Gasteiger partial charge is 0.351 e. The molecule has 3 atom stereocenters. The van der Waals surface area contributed by atoms with Crippen LogP contribution < -0.4 is 16.8 Å². The molecule has 0 aliphatic rings. The van der Waals surface area contributed by atoms with Gasteiger partial charge in [0.15, 0.2) is 12.1 Å². The quantitative estimate of drug-likeness (QED) is 0.187. The molecule has 2 aromatic carbocycles. The lowest BCUT2D eigenvalue weighted by atomic mass is 10.1. The summed E-state index contributed by atoms with van der Waals surface area (Å²) in [5.74, 6) is -3.97. The second-order valence-corrected chi connectivity index (χ2v) is 9.66. The molecule has 1 unspecified atom stereocenters. The summed E-state index contributed by atoms with van der Waals surface area (Å²) in [7, 11) is -4.62. The van der Waals surface area contributed by atoms with Gasteiger partial charge in [0.2, 0.25) is 5.91 Å². The first kappa shape index (κ1) is 26.1. The summed E-state index contributed by atoms with van der Waals surface area (Å²) in [4.78, 5) is 38.8. The predicted molar refractivity (Wildman–Crippen MR) is 125 cm³/mol. The molecule has 0 fully saturated rings. The lowest BCUT2D eigenvalue weighted by Gasteiger charge is -2.28. The van der Waals surface area contributed by atoms with Gasteiger partial charge in [-0.3, -0.25) is 13.9 Å². The van der Waals surface area contributed by atoms with Crippen molar-refractivity contribution >= 4 is 31.1 Å². The third kappa shape index (κ3) is 8.02. The molecule has 0 heterocycles. The van der Waals surface area contributed by atoms with E-state index in [2.05, 4.69) is 10.3 Å². The van der Waals surface area contributed by atoms with Crippen LogP contribution in [-0.4, -0.2) is 33.6 Å². The second-order valence-electron chi connectivity index (χ2n) is 7.76. The number of carbonyl (C=O) groups is 2. The Hall–Kier alpha value is -3.20. The van der Waals surface area contributed by atoms with Gasteiger partial charge in [0.25, 0.3) is 0 Å². The van der Waals surface area contributed by atoms with Crippen LogP contribution in [0.5, 0.6) is 0 Å². The molecule has 2 rings (SSSR count). The summed E-state index contributed by atoms with van der Waals surface area (Å²) in [6, 6.07) is 15.1. The van der Waals surface area contributed by atoms with Crippen LogP contribution in [0.1, 0.15) is 37.5 Å². The Labute approximate surface area is 192 Å². The van der Waals surface area contributed by atoms with Crippen LogP contribution in [0.3, 0.4) is 0 Å². The van der Waals surface area contributed by atoms with Gasteiger partial charge in [0, 0.05) is 6.42 Å². The molecule has 10 nitrogen and oxygen atoms in total. The van der Waals surface area contributed by atoms with Crippen LogP contribution in [0, 0.1) is 5.92 Å². The highest BCUT2D eigenvalue weighted by atomic mass is 31.2. The molecule has 0 aliphatic carbocycles. The number of benzene rings is 2. The summed E-state index contributed by atoms with van der Waals surface area (Å²) in [5.41, 5.74) is 12.0. The topological polar surface area (TPSA) is 177 Å². The standard InChI is InChI=1S/C22H29N4O6P/c1-14(2)20(26-18(27)12-11-15-7-4-3-5-8-15)33(30,31)32-19(21(28)29)16-9-6-10-17(13-16)25-22(23)24/h3-10,13-14,19-20H,11-12H2,1-2H3,(H,26,27)(H,28,29)(H,30,31)(H4,23,24,25)/t19-,20+/m0/s1. The zero-order valence-corrected chi connectivity index (χ0v) is 19.3. The molecule has 0 saturated carbocycles. The van der Waals surface area contributed by atoms with Crippen molar-refractivity contribution in [2.24, 2.45) is 22.4 Å². The Kier molecular flexibility index (Phi) is 9.16. The van der Waals surface area contributed by atoms with E-state index in [9.17, 15) is 24.2 Å². The lowest BCUT2D eigenvalue weighted by molar-refractivity contribution is -0.145. The largest absolute Gasteiger partial charge is 0.479 e. The van der Waals surface area contributed by atoms with E-state index in [0.29, 0.717) is 6.42 Å². The highest BCUT2D eigenvalue weighted by Gasteiger charge is 2.40. The van der Waals surface area contributed by atoms with Gasteiger partial charge in [0.1, 0.15) is 5.78 Å². The first-order valence-corrected chi connectivity index (χ1v) is 11.9. The van der Waals surface area contributed by atoms with Crippen LogP contribution in [0.2, 0.25) is 0 Å². The van der Waals surface area contributed by atoms with Crippen molar-refractivity contribution in [3.8, 4) is 0 Å². The van der Waals surface area contributed by atoms with Gasteiger partial charge >= 0.3 is 13.6 Å². The van der Waals surface area contributed by atoms with Gasteiger partial charge in [-0.15, -0.1) is 0 Å². The van der Waals surface area contributed by atoms with Gasteiger partial charge in [-0.05, 0) is 35.6 Å². The monoisotopic (exact) mass is 476 g/mol. The summed E-state index contributed by atoms with van der Waals surface area (Å²) in [5, 5.41) is 12.2. The van der Waals surface area contributed by atoms with Crippen molar-refractivity contribution in [3.05, 3.63) is 65.7 Å². The number of carboxylic acids is 1. The maximum Gasteiger partial charge on any atom is 0.351 e. The van der Waals surface area contributed by atoms with Gasteiger partial charge in [-0.1, -0.05) is 56.3 Å². The van der Waals surface area contributed by atoms with E-state index < -0.39 is 37.3 Å². The highest BCUT2D eigenvalue weighted by molar-refractivity contribution is 7.53. The van der Waals surface area contributed by atoms with Crippen molar-refractivity contribution in [1.82, 2.24) is 5.32 Å². The van der Waals surface area contributed by atoms with Crippen LogP contribution in [0.25, 0.3) is 0 Å². The van der Waals surface area contributed by atoms with Gasteiger partial charge in [0.05, 0.1) is 5.69 Å². The molecule has 0 aliphatic heterocycles. The molecule has 0 aromatic heterocycles. The number of nitrogens with one attached hydrogen (secondary N) is 1. The molecular weight excluding hydrogens is 447 g/mol. The first-order chi connectivity index (χ1) is 15.5. The fraction of sp³-hybridized carbons (Fsp3) is 0.318. The van der Waals surface area contributed by atoms with E-state index >= 15 is 0 Å². The van der Waals surface area contributed by atoms with E-state index in [0.717, 1.165) is 5.56 Å². The third-order valence-corrected chi connectivity index (χ3v) is 6.63. The molecule has 11 heteroatoms. The Morgan fingerprint density at radius 1 is 1.12 bits per heavy atom. The zero-order chi connectivity index (χ0) is 24.6. The number of guanidine groups is 1. The van der Waals surface area contributed by atoms with E-state index in [-0.39, 0.29) is 23.6 Å². The van der Waals surface area contributed by atoms with Gasteiger partial charge < -0.3 is 26.8 Å². The predicted octanol–water partition coefficient (Wildman–Crippen LogP) is 2.65. The van der Waals surface area contributed by atoms with Crippen molar-refractivity contribution in [1.29, 1.82) is 0 Å². The maximum absolute atomic E-state index is 13.1. The Bertz CT molecular complexity index is 1040. The fourth-order valence-electron chi connectivity index (χ4n) is 3.14. The number of aryl methyl sites for hydroxylation is 1. The molecular formula is C22H29N4O6P. The molecule has 0 spiro atoms. The number of nitrogens with zero attached hydrogens (tertiary/aromatic N) is 1. The molecule has 0 bridgehead atoms. The summed E-state index contributed by atoms with van der Waals surface area (Å²) in [6.45, 7) is 3.26. The number of nitrogens with two attached hydrogens (primary N) is 2. The fourth-order valence-corrected chi connectivity index (χ4v) is 4.84. The molecule has 1 amide bonds. The van der Waals surface area contributed by atoms with E-state index in [4.69, 9.17) is 16.0 Å². The van der Waals surface area contributed by atoms with E-state index in [1.54, 1.807) is 13.8 Å². The molecule has 0 radical (unpaired) electrons. The van der Waals surface area contributed by atoms with Gasteiger partial charge in [-0.25, -0.2) is 9.79 Å². The van der Waals surface area contributed by atoms with Gasteiger partial charge in [-0.2, -0.15) is 0 Å². The van der Waals surface area contributed by atoms with Crippen LogP contribution >= 0.6 is 7.60 Å². The number of hydrogen-bond acceptors (Lipinski definition) is 5. The van der Waals surface area contributed by atoms with E-state index in [1.807, 2.05) is 30.3 Å². The SMILES string of the molecule is CC(C)[C@H](NC(=O)CCc1ccccc1)P(=O)(O)O[C@H](C(=O)O)c1cccc(N=C(N)N)c1.